The summed E-state index contributed by atoms with van der Waals surface area (Å²) in [6.07, 6.45) is 1.67. The molecule has 0 N–H and O–H groups in total. The van der Waals surface area contributed by atoms with Crippen LogP contribution in [-0.4, -0.2) is 0 Å². The third-order valence-corrected chi connectivity index (χ3v) is 3.25. The minimum Gasteiger partial charge on any atom is -0.461 e. The second-order valence-corrected chi connectivity index (χ2v) is 4.40. The zero-order chi connectivity index (χ0) is 12.7. The number of aryl methyl sites for hydroxylation is 2. The first kappa shape index (κ1) is 11.1. The lowest BCUT2D eigenvalue weighted by atomic mass is 10.1. The fourth-order valence-corrected chi connectivity index (χ4v) is 2.28. The number of rotatable bonds is 2. The van der Waals surface area contributed by atoms with Gasteiger partial charge in [0, 0.05) is 29.3 Å². The van der Waals surface area contributed by atoms with E-state index in [9.17, 15) is 4.79 Å². The highest BCUT2D eigenvalue weighted by Crippen LogP contribution is 2.27. The Morgan fingerprint density at radius 2 is 1.78 bits per heavy atom. The number of furan rings is 1. The summed E-state index contributed by atoms with van der Waals surface area (Å²) in [6.45, 7) is 4.08. The molecule has 92 valence electrons. The molecule has 0 saturated heterocycles. The van der Waals surface area contributed by atoms with Crippen LogP contribution in [0.1, 0.15) is 25.2 Å². The molecular formula is C15H14O3. The summed E-state index contributed by atoms with van der Waals surface area (Å²) in [7, 11) is 0. The van der Waals surface area contributed by atoms with Crippen LogP contribution in [0.15, 0.2) is 37.9 Å². The van der Waals surface area contributed by atoms with Crippen LogP contribution in [0.2, 0.25) is 0 Å². The lowest BCUT2D eigenvalue weighted by Gasteiger charge is -2.02. The van der Waals surface area contributed by atoms with Crippen molar-refractivity contribution in [3.63, 3.8) is 0 Å². The normalized spacial score (nSPS) is 11.4. The van der Waals surface area contributed by atoms with Gasteiger partial charge in [0.1, 0.15) is 16.9 Å². The topological polar surface area (TPSA) is 43.4 Å². The van der Waals surface area contributed by atoms with Crippen LogP contribution < -0.4 is 5.63 Å². The van der Waals surface area contributed by atoms with E-state index in [2.05, 4.69) is 6.92 Å². The highest BCUT2D eigenvalue weighted by molar-refractivity contribution is 5.94. The lowest BCUT2D eigenvalue weighted by Crippen LogP contribution is -1.99. The van der Waals surface area contributed by atoms with E-state index in [0.717, 1.165) is 40.5 Å². The molecule has 0 unspecified atom stereocenters. The highest BCUT2D eigenvalue weighted by atomic mass is 16.4. The van der Waals surface area contributed by atoms with Crippen molar-refractivity contribution in [2.24, 2.45) is 0 Å². The number of hydrogen-bond acceptors (Lipinski definition) is 3. The third-order valence-electron chi connectivity index (χ3n) is 3.25. The average Bonchev–Trinajstić information content (AvgIpc) is 2.77. The van der Waals surface area contributed by atoms with Crippen LogP contribution in [0.4, 0.5) is 0 Å². The van der Waals surface area contributed by atoms with E-state index < -0.39 is 0 Å². The summed E-state index contributed by atoms with van der Waals surface area (Å²) in [5, 5.41) is 2.05. The summed E-state index contributed by atoms with van der Waals surface area (Å²) in [4.78, 5) is 11.5. The Morgan fingerprint density at radius 3 is 2.50 bits per heavy atom. The number of fused-ring (bicyclic) bond motifs is 2. The number of benzene rings is 1. The molecule has 2 heterocycles. The van der Waals surface area contributed by atoms with Gasteiger partial charge in [0.05, 0.1) is 0 Å². The second kappa shape index (κ2) is 4.02. The van der Waals surface area contributed by atoms with Gasteiger partial charge in [-0.3, -0.25) is 0 Å². The zero-order valence-electron chi connectivity index (χ0n) is 10.4. The van der Waals surface area contributed by atoms with E-state index in [0.29, 0.717) is 5.58 Å². The van der Waals surface area contributed by atoms with Crippen molar-refractivity contribution >= 4 is 21.9 Å². The molecular weight excluding hydrogens is 228 g/mol. The van der Waals surface area contributed by atoms with Crippen molar-refractivity contribution in [1.29, 1.82) is 0 Å². The molecule has 3 aromatic rings. The average molecular weight is 242 g/mol. The van der Waals surface area contributed by atoms with E-state index in [4.69, 9.17) is 8.83 Å². The first-order valence-electron chi connectivity index (χ1n) is 6.20. The molecule has 0 aliphatic rings. The van der Waals surface area contributed by atoms with E-state index in [1.807, 2.05) is 25.1 Å². The van der Waals surface area contributed by atoms with Crippen LogP contribution in [-0.2, 0) is 12.8 Å². The van der Waals surface area contributed by atoms with Gasteiger partial charge in [0.15, 0.2) is 0 Å². The molecule has 0 aliphatic carbocycles. The van der Waals surface area contributed by atoms with Gasteiger partial charge in [0.2, 0.25) is 0 Å². The van der Waals surface area contributed by atoms with Crippen molar-refractivity contribution < 1.29 is 8.83 Å². The third kappa shape index (κ3) is 1.63. The molecule has 0 aliphatic heterocycles. The molecule has 0 spiro atoms. The Balaban J connectivity index is 2.42. The molecule has 0 fully saturated rings. The molecule has 3 rings (SSSR count). The van der Waals surface area contributed by atoms with E-state index >= 15 is 0 Å². The van der Waals surface area contributed by atoms with Gasteiger partial charge in [-0.05, 0) is 24.1 Å². The van der Waals surface area contributed by atoms with Gasteiger partial charge in [-0.1, -0.05) is 13.8 Å². The maximum atomic E-state index is 11.5. The monoisotopic (exact) mass is 242 g/mol. The van der Waals surface area contributed by atoms with Crippen LogP contribution >= 0.6 is 0 Å². The summed E-state index contributed by atoms with van der Waals surface area (Å²) < 4.78 is 10.9. The van der Waals surface area contributed by atoms with Crippen LogP contribution in [0.5, 0.6) is 0 Å². The van der Waals surface area contributed by atoms with Crippen molar-refractivity contribution in [2.75, 3.05) is 0 Å². The molecule has 0 amide bonds. The Kier molecular flexibility index (Phi) is 2.47. The molecule has 2 aromatic heterocycles. The first-order chi connectivity index (χ1) is 8.71. The van der Waals surface area contributed by atoms with Crippen molar-refractivity contribution in [2.45, 2.75) is 26.7 Å². The smallest absolute Gasteiger partial charge is 0.336 e. The Hall–Kier alpha value is -2.03. The molecule has 1 aromatic carbocycles. The molecule has 0 atom stereocenters. The zero-order valence-corrected chi connectivity index (χ0v) is 10.4. The molecule has 0 bridgehead atoms. The van der Waals surface area contributed by atoms with Gasteiger partial charge in [-0.2, -0.15) is 0 Å². The molecule has 0 radical (unpaired) electrons. The Bertz CT molecular complexity index is 777. The Labute approximate surface area is 104 Å². The molecule has 3 heteroatoms. The standard InChI is InChI=1S/C15H14O3/c1-3-9-7-15(16)18-14-8-13-10(6-12(9)14)5-11(4-2)17-13/h5-8H,3-4H2,1-2H3. The van der Waals surface area contributed by atoms with Gasteiger partial charge in [-0.15, -0.1) is 0 Å². The van der Waals surface area contributed by atoms with Gasteiger partial charge < -0.3 is 8.83 Å². The van der Waals surface area contributed by atoms with Crippen molar-refractivity contribution in [3.05, 3.63) is 46.0 Å². The SMILES string of the molecule is CCc1cc2cc3c(CC)cc(=O)oc3cc2o1. The van der Waals surface area contributed by atoms with Crippen LogP contribution in [0, 0.1) is 0 Å². The highest BCUT2D eigenvalue weighted by Gasteiger charge is 2.09. The van der Waals surface area contributed by atoms with E-state index in [-0.39, 0.29) is 5.63 Å². The summed E-state index contributed by atoms with van der Waals surface area (Å²) in [5.41, 5.74) is 2.09. The second-order valence-electron chi connectivity index (χ2n) is 4.40. The predicted molar refractivity (Wildman–Crippen MR) is 71.0 cm³/mol. The predicted octanol–water partition coefficient (Wildman–Crippen LogP) is 3.66. The lowest BCUT2D eigenvalue weighted by molar-refractivity contribution is 0.548. The van der Waals surface area contributed by atoms with Crippen molar-refractivity contribution in [3.8, 4) is 0 Å². The van der Waals surface area contributed by atoms with Crippen molar-refractivity contribution in [1.82, 2.24) is 0 Å². The Morgan fingerprint density at radius 1 is 0.944 bits per heavy atom. The quantitative estimate of drug-likeness (QED) is 0.644. The molecule has 0 saturated carbocycles. The largest absolute Gasteiger partial charge is 0.461 e. The first-order valence-corrected chi connectivity index (χ1v) is 6.20. The molecule has 18 heavy (non-hydrogen) atoms. The summed E-state index contributed by atoms with van der Waals surface area (Å²) >= 11 is 0. The van der Waals surface area contributed by atoms with Crippen LogP contribution in [0.3, 0.4) is 0 Å². The van der Waals surface area contributed by atoms with E-state index in [1.54, 1.807) is 6.07 Å². The van der Waals surface area contributed by atoms with Crippen LogP contribution in [0.25, 0.3) is 21.9 Å². The van der Waals surface area contributed by atoms with E-state index in [1.165, 1.54) is 0 Å². The minimum absolute atomic E-state index is 0.305. The van der Waals surface area contributed by atoms with Gasteiger partial charge in [-0.25, -0.2) is 4.79 Å². The van der Waals surface area contributed by atoms with Gasteiger partial charge >= 0.3 is 5.63 Å². The molecule has 3 nitrogen and oxygen atoms in total. The fourth-order valence-electron chi connectivity index (χ4n) is 2.28. The van der Waals surface area contributed by atoms with Gasteiger partial charge in [0.25, 0.3) is 0 Å². The minimum atomic E-state index is -0.305. The number of hydrogen-bond donors (Lipinski definition) is 0. The maximum absolute atomic E-state index is 11.5. The maximum Gasteiger partial charge on any atom is 0.336 e. The fraction of sp³-hybridized carbons (Fsp3) is 0.267. The summed E-state index contributed by atoms with van der Waals surface area (Å²) in [5.74, 6) is 0.945. The summed E-state index contributed by atoms with van der Waals surface area (Å²) in [6, 6.07) is 7.45.